The Balaban J connectivity index is 2.54. The Bertz CT molecular complexity index is 291. The van der Waals surface area contributed by atoms with E-state index in [1.54, 1.807) is 18.3 Å². The van der Waals surface area contributed by atoms with Crippen molar-refractivity contribution in [3.8, 4) is 0 Å². The topological polar surface area (TPSA) is 30.0 Å². The summed E-state index contributed by atoms with van der Waals surface area (Å²) < 4.78 is 0. The molecule has 1 aromatic rings. The van der Waals surface area contributed by atoms with Gasteiger partial charge < -0.3 is 4.79 Å². The molecule has 0 saturated heterocycles. The summed E-state index contributed by atoms with van der Waals surface area (Å²) in [5.74, 6) is 0.726. The van der Waals surface area contributed by atoms with Crippen LogP contribution in [-0.2, 0) is 11.2 Å². The summed E-state index contributed by atoms with van der Waals surface area (Å²) >= 11 is 1.66. The van der Waals surface area contributed by atoms with Crippen molar-refractivity contribution in [1.29, 1.82) is 0 Å². The highest BCUT2D eigenvalue weighted by Gasteiger charge is 2.05. The fourth-order valence-corrected chi connectivity index (χ4v) is 1.95. The molecule has 0 amide bonds. The lowest BCUT2D eigenvalue weighted by molar-refractivity contribution is -0.116. The first-order valence-electron chi connectivity index (χ1n) is 4.53. The highest BCUT2D eigenvalue weighted by Crippen LogP contribution is 2.18. The number of thiazole rings is 1. The molecule has 0 saturated carbocycles. The molecule has 72 valence electrons. The average molecular weight is 197 g/mol. The van der Waals surface area contributed by atoms with Crippen LogP contribution in [0, 0.1) is 0 Å². The van der Waals surface area contributed by atoms with Crippen molar-refractivity contribution in [2.24, 2.45) is 0 Å². The van der Waals surface area contributed by atoms with E-state index in [1.807, 2.05) is 0 Å². The lowest BCUT2D eigenvalue weighted by atomic mass is 10.2. The molecule has 1 aromatic heterocycles. The molecule has 0 radical (unpaired) electrons. The molecule has 1 rings (SSSR count). The Morgan fingerprint density at radius 1 is 1.62 bits per heavy atom. The maximum atomic E-state index is 10.7. The summed E-state index contributed by atoms with van der Waals surface area (Å²) in [6.45, 7) is 5.88. The Hall–Kier alpha value is -0.700. The largest absolute Gasteiger partial charge is 0.300 e. The van der Waals surface area contributed by atoms with E-state index < -0.39 is 0 Å². The molecule has 0 aromatic carbocycles. The smallest absolute Gasteiger partial charge is 0.130 e. The van der Waals surface area contributed by atoms with Gasteiger partial charge in [0, 0.05) is 18.2 Å². The summed E-state index contributed by atoms with van der Waals surface area (Å²) in [5, 5.41) is 3.17. The number of carbonyl (C=O) groups is 1. The molecule has 0 atom stereocenters. The fourth-order valence-electron chi connectivity index (χ4n) is 0.988. The molecule has 1 heterocycles. The molecule has 0 fully saturated rings. The lowest BCUT2D eigenvalue weighted by Crippen LogP contribution is -1.94. The predicted octanol–water partition coefficient (Wildman–Crippen LogP) is 2.79. The molecular weight excluding hydrogens is 182 g/mol. The highest BCUT2D eigenvalue weighted by molar-refractivity contribution is 7.09. The molecular formula is C10H15NOS. The predicted molar refractivity (Wildman–Crippen MR) is 55.2 cm³/mol. The van der Waals surface area contributed by atoms with E-state index in [1.165, 1.54) is 0 Å². The van der Waals surface area contributed by atoms with Gasteiger partial charge in [0.2, 0.25) is 0 Å². The van der Waals surface area contributed by atoms with Gasteiger partial charge in [-0.15, -0.1) is 11.3 Å². The van der Waals surface area contributed by atoms with Crippen molar-refractivity contribution in [2.45, 2.75) is 39.5 Å². The summed E-state index contributed by atoms with van der Waals surface area (Å²) in [7, 11) is 0. The van der Waals surface area contributed by atoms with Crippen molar-refractivity contribution in [1.82, 2.24) is 4.98 Å². The van der Waals surface area contributed by atoms with Gasteiger partial charge in [-0.2, -0.15) is 0 Å². The molecule has 0 aliphatic rings. The van der Waals surface area contributed by atoms with E-state index in [0.717, 1.165) is 17.1 Å². The molecule has 3 heteroatoms. The Kier molecular flexibility index (Phi) is 3.60. The minimum Gasteiger partial charge on any atom is -0.300 e. The lowest BCUT2D eigenvalue weighted by Gasteiger charge is -1.96. The van der Waals surface area contributed by atoms with Gasteiger partial charge >= 0.3 is 0 Å². The van der Waals surface area contributed by atoms with Gasteiger partial charge in [0.1, 0.15) is 5.78 Å². The molecule has 0 unspecified atom stereocenters. The third-order valence-corrected chi connectivity index (χ3v) is 2.78. The highest BCUT2D eigenvalue weighted by atomic mass is 32.1. The van der Waals surface area contributed by atoms with E-state index in [-0.39, 0.29) is 5.78 Å². The van der Waals surface area contributed by atoms with Crippen LogP contribution in [0.2, 0.25) is 0 Å². The summed E-state index contributed by atoms with van der Waals surface area (Å²) in [6.07, 6.45) is 1.41. The first kappa shape index (κ1) is 10.4. The van der Waals surface area contributed by atoms with Crippen molar-refractivity contribution in [3.05, 3.63) is 16.1 Å². The van der Waals surface area contributed by atoms with E-state index in [9.17, 15) is 4.79 Å². The minimum atomic E-state index is 0.237. The van der Waals surface area contributed by atoms with Gasteiger partial charge in [-0.25, -0.2) is 4.98 Å². The Morgan fingerprint density at radius 3 is 2.77 bits per heavy atom. The first-order chi connectivity index (χ1) is 6.09. The van der Waals surface area contributed by atoms with Gasteiger partial charge in [0.25, 0.3) is 0 Å². The minimum absolute atomic E-state index is 0.237. The van der Waals surface area contributed by atoms with Crippen molar-refractivity contribution in [2.75, 3.05) is 0 Å². The third kappa shape index (κ3) is 3.27. The van der Waals surface area contributed by atoms with Crippen LogP contribution < -0.4 is 0 Å². The number of hydrogen-bond donors (Lipinski definition) is 0. The number of Topliss-reactive ketones (excluding diaryl/α,β-unsaturated/α-hetero) is 1. The molecule has 0 N–H and O–H groups in total. The molecule has 0 spiro atoms. The number of aryl methyl sites for hydroxylation is 1. The quantitative estimate of drug-likeness (QED) is 0.743. The van der Waals surface area contributed by atoms with Gasteiger partial charge in [0.15, 0.2) is 0 Å². The first-order valence-corrected chi connectivity index (χ1v) is 5.41. The average Bonchev–Trinajstić information content (AvgIpc) is 2.48. The fraction of sp³-hybridized carbons (Fsp3) is 0.600. The van der Waals surface area contributed by atoms with Crippen LogP contribution in [0.4, 0.5) is 0 Å². The van der Waals surface area contributed by atoms with Crippen LogP contribution in [0.5, 0.6) is 0 Å². The summed E-state index contributed by atoms with van der Waals surface area (Å²) in [5.41, 5.74) is 1.14. The van der Waals surface area contributed by atoms with Crippen molar-refractivity contribution >= 4 is 17.1 Å². The van der Waals surface area contributed by atoms with Gasteiger partial charge in [-0.3, -0.25) is 0 Å². The number of ketones is 1. The number of hydrogen-bond acceptors (Lipinski definition) is 3. The van der Waals surface area contributed by atoms with Crippen LogP contribution in [-0.4, -0.2) is 10.8 Å². The second-order valence-corrected chi connectivity index (χ2v) is 4.47. The van der Waals surface area contributed by atoms with Crippen LogP contribution >= 0.6 is 11.3 Å². The summed E-state index contributed by atoms with van der Waals surface area (Å²) in [6, 6.07) is 0. The van der Waals surface area contributed by atoms with E-state index >= 15 is 0 Å². The molecule has 0 aliphatic carbocycles. The maximum absolute atomic E-state index is 10.7. The SMILES string of the molecule is CC(=O)CCc1nc(C(C)C)cs1. The monoisotopic (exact) mass is 197 g/mol. The zero-order chi connectivity index (χ0) is 9.84. The number of rotatable bonds is 4. The van der Waals surface area contributed by atoms with Gasteiger partial charge in [-0.05, 0) is 12.8 Å². The molecule has 0 bridgehead atoms. The Labute approximate surface area is 83.0 Å². The summed E-state index contributed by atoms with van der Waals surface area (Å²) in [4.78, 5) is 15.2. The zero-order valence-corrected chi connectivity index (χ0v) is 9.15. The number of aromatic nitrogens is 1. The Morgan fingerprint density at radius 2 is 2.31 bits per heavy atom. The molecule has 0 aliphatic heterocycles. The second kappa shape index (κ2) is 4.51. The number of carbonyl (C=O) groups excluding carboxylic acids is 1. The van der Waals surface area contributed by atoms with Crippen LogP contribution in [0.1, 0.15) is 43.8 Å². The van der Waals surface area contributed by atoms with Crippen LogP contribution in [0.3, 0.4) is 0 Å². The number of nitrogens with zero attached hydrogens (tertiary/aromatic N) is 1. The van der Waals surface area contributed by atoms with Crippen molar-refractivity contribution < 1.29 is 4.79 Å². The zero-order valence-electron chi connectivity index (χ0n) is 8.33. The molecule has 2 nitrogen and oxygen atoms in total. The van der Waals surface area contributed by atoms with Crippen LogP contribution in [0.25, 0.3) is 0 Å². The van der Waals surface area contributed by atoms with Crippen LogP contribution in [0.15, 0.2) is 5.38 Å². The normalized spacial score (nSPS) is 10.8. The van der Waals surface area contributed by atoms with Gasteiger partial charge in [-0.1, -0.05) is 13.8 Å². The maximum Gasteiger partial charge on any atom is 0.130 e. The van der Waals surface area contributed by atoms with E-state index in [4.69, 9.17) is 0 Å². The van der Waals surface area contributed by atoms with E-state index in [2.05, 4.69) is 24.2 Å². The van der Waals surface area contributed by atoms with Crippen molar-refractivity contribution in [3.63, 3.8) is 0 Å². The third-order valence-electron chi connectivity index (χ3n) is 1.85. The van der Waals surface area contributed by atoms with E-state index in [0.29, 0.717) is 12.3 Å². The standard InChI is InChI=1S/C10H15NOS/c1-7(2)9-6-13-10(11-9)5-4-8(3)12/h6-7H,4-5H2,1-3H3. The molecule has 13 heavy (non-hydrogen) atoms. The van der Waals surface area contributed by atoms with Gasteiger partial charge in [0.05, 0.1) is 10.7 Å². The second-order valence-electron chi connectivity index (χ2n) is 3.52.